The first-order chi connectivity index (χ1) is 8.72. The van der Waals surface area contributed by atoms with Crippen LogP contribution in [0.5, 0.6) is 0 Å². The zero-order valence-electron chi connectivity index (χ0n) is 12.1. The maximum atomic E-state index is 11.6. The van der Waals surface area contributed by atoms with Crippen LogP contribution in [0, 0.1) is 5.92 Å². The molecule has 0 saturated heterocycles. The third kappa shape index (κ3) is 10.6. The summed E-state index contributed by atoms with van der Waals surface area (Å²) in [4.78, 5) is 11.6. The highest BCUT2D eigenvalue weighted by Crippen LogP contribution is 2.13. The summed E-state index contributed by atoms with van der Waals surface area (Å²) in [7, 11) is 0. The summed E-state index contributed by atoms with van der Waals surface area (Å²) in [6, 6.07) is 0. The van der Waals surface area contributed by atoms with Gasteiger partial charge in [0.25, 0.3) is 0 Å². The zero-order chi connectivity index (χ0) is 13.6. The Labute approximate surface area is 112 Å². The number of carbonyl (C=O) groups excluding carboxylic acids is 1. The van der Waals surface area contributed by atoms with Gasteiger partial charge in [-0.25, -0.2) is 0 Å². The molecule has 0 bridgehead atoms. The van der Waals surface area contributed by atoms with Gasteiger partial charge in [-0.3, -0.25) is 4.79 Å². The van der Waals surface area contributed by atoms with E-state index in [9.17, 15) is 4.79 Å². The van der Waals surface area contributed by atoms with Crippen LogP contribution >= 0.6 is 0 Å². The highest BCUT2D eigenvalue weighted by Gasteiger charge is 2.13. The van der Waals surface area contributed by atoms with Crippen molar-refractivity contribution in [2.24, 2.45) is 5.92 Å². The topological polar surface area (TPSA) is 46.5 Å². The second-order valence-electron chi connectivity index (χ2n) is 5.06. The third-order valence-electron chi connectivity index (χ3n) is 3.19. The van der Waals surface area contributed by atoms with Gasteiger partial charge in [0.1, 0.15) is 0 Å². The maximum Gasteiger partial charge on any atom is 0.308 e. The average Bonchev–Trinajstić information content (AvgIpc) is 2.38. The van der Waals surface area contributed by atoms with Gasteiger partial charge in [0.05, 0.1) is 12.5 Å². The van der Waals surface area contributed by atoms with Crippen LogP contribution in [0.1, 0.15) is 71.6 Å². The first kappa shape index (κ1) is 17.4. The van der Waals surface area contributed by atoms with Crippen molar-refractivity contribution >= 4 is 5.97 Å². The van der Waals surface area contributed by atoms with Crippen LogP contribution < -0.4 is 0 Å². The summed E-state index contributed by atoms with van der Waals surface area (Å²) in [5.74, 6) is -0.0631. The van der Waals surface area contributed by atoms with E-state index >= 15 is 0 Å². The summed E-state index contributed by atoms with van der Waals surface area (Å²) in [5.41, 5.74) is 0. The molecule has 0 fully saturated rings. The number of ether oxygens (including phenoxy) is 1. The minimum absolute atomic E-state index is 0.0188. The van der Waals surface area contributed by atoms with E-state index in [1.807, 2.05) is 6.92 Å². The molecule has 1 unspecified atom stereocenters. The number of unbranched alkanes of at least 4 members (excludes halogenated alkanes) is 6. The smallest absolute Gasteiger partial charge is 0.308 e. The van der Waals surface area contributed by atoms with Crippen molar-refractivity contribution in [2.75, 3.05) is 13.2 Å². The van der Waals surface area contributed by atoms with E-state index in [0.717, 1.165) is 19.3 Å². The molecule has 0 heterocycles. The molecule has 1 N–H and O–H groups in total. The Morgan fingerprint density at radius 2 is 1.72 bits per heavy atom. The van der Waals surface area contributed by atoms with E-state index in [4.69, 9.17) is 9.84 Å². The summed E-state index contributed by atoms with van der Waals surface area (Å²) >= 11 is 0. The molecule has 0 amide bonds. The van der Waals surface area contributed by atoms with Crippen LogP contribution in [0.25, 0.3) is 0 Å². The molecule has 3 heteroatoms. The quantitative estimate of drug-likeness (QED) is 0.429. The number of aliphatic hydroxyl groups is 1. The highest BCUT2D eigenvalue weighted by molar-refractivity contribution is 5.71. The fraction of sp³-hybridized carbons (Fsp3) is 0.933. The van der Waals surface area contributed by atoms with Gasteiger partial charge in [-0.2, -0.15) is 0 Å². The number of rotatable bonds is 12. The van der Waals surface area contributed by atoms with Crippen LogP contribution in [0.3, 0.4) is 0 Å². The SMILES string of the molecule is CCCCCCCCC(C)C(=O)OCCCCO. The molecule has 0 aromatic rings. The Morgan fingerprint density at radius 3 is 2.39 bits per heavy atom. The van der Waals surface area contributed by atoms with E-state index in [1.165, 1.54) is 32.1 Å². The van der Waals surface area contributed by atoms with Crippen molar-refractivity contribution in [3.8, 4) is 0 Å². The Morgan fingerprint density at radius 1 is 1.06 bits per heavy atom. The fourth-order valence-corrected chi connectivity index (χ4v) is 1.88. The number of carbonyl (C=O) groups is 1. The van der Waals surface area contributed by atoms with Crippen molar-refractivity contribution < 1.29 is 14.6 Å². The van der Waals surface area contributed by atoms with Gasteiger partial charge < -0.3 is 9.84 Å². The lowest BCUT2D eigenvalue weighted by molar-refractivity contribution is -0.148. The monoisotopic (exact) mass is 258 g/mol. The lowest BCUT2D eigenvalue weighted by Gasteiger charge is -2.11. The van der Waals surface area contributed by atoms with E-state index in [2.05, 4.69) is 6.92 Å². The van der Waals surface area contributed by atoms with E-state index in [-0.39, 0.29) is 18.5 Å². The van der Waals surface area contributed by atoms with Crippen LogP contribution in [0.4, 0.5) is 0 Å². The van der Waals surface area contributed by atoms with Gasteiger partial charge in [-0.1, -0.05) is 52.4 Å². The van der Waals surface area contributed by atoms with Crippen LogP contribution in [-0.4, -0.2) is 24.3 Å². The van der Waals surface area contributed by atoms with Gasteiger partial charge >= 0.3 is 5.97 Å². The van der Waals surface area contributed by atoms with Crippen molar-refractivity contribution in [2.45, 2.75) is 71.6 Å². The highest BCUT2D eigenvalue weighted by atomic mass is 16.5. The van der Waals surface area contributed by atoms with Crippen molar-refractivity contribution in [3.63, 3.8) is 0 Å². The summed E-state index contributed by atoms with van der Waals surface area (Å²) in [6.45, 7) is 4.78. The van der Waals surface area contributed by atoms with Crippen LogP contribution in [-0.2, 0) is 9.53 Å². The van der Waals surface area contributed by atoms with Crippen LogP contribution in [0.15, 0.2) is 0 Å². The number of hydrogen-bond acceptors (Lipinski definition) is 3. The molecule has 108 valence electrons. The van der Waals surface area contributed by atoms with Crippen molar-refractivity contribution in [3.05, 3.63) is 0 Å². The Bertz CT molecular complexity index is 192. The van der Waals surface area contributed by atoms with Gasteiger partial charge in [-0.05, 0) is 19.3 Å². The number of esters is 1. The molecule has 0 aromatic heterocycles. The second kappa shape index (κ2) is 12.9. The molecule has 0 saturated carbocycles. The molecule has 3 nitrogen and oxygen atoms in total. The molecule has 0 aliphatic heterocycles. The first-order valence-electron chi connectivity index (χ1n) is 7.49. The van der Waals surface area contributed by atoms with E-state index < -0.39 is 0 Å². The summed E-state index contributed by atoms with van der Waals surface area (Å²) < 4.78 is 5.15. The van der Waals surface area contributed by atoms with E-state index in [1.54, 1.807) is 0 Å². The number of hydrogen-bond donors (Lipinski definition) is 1. The normalized spacial score (nSPS) is 12.4. The standard InChI is InChI=1S/C15H30O3/c1-3-4-5-6-7-8-11-14(2)15(17)18-13-10-9-12-16/h14,16H,3-13H2,1-2H3. The molecule has 0 rings (SSSR count). The minimum Gasteiger partial charge on any atom is -0.465 e. The first-order valence-corrected chi connectivity index (χ1v) is 7.49. The second-order valence-corrected chi connectivity index (χ2v) is 5.06. The average molecular weight is 258 g/mol. The molecular weight excluding hydrogens is 228 g/mol. The molecule has 18 heavy (non-hydrogen) atoms. The lowest BCUT2D eigenvalue weighted by Crippen LogP contribution is -2.15. The predicted molar refractivity (Wildman–Crippen MR) is 74.4 cm³/mol. The van der Waals surface area contributed by atoms with E-state index in [0.29, 0.717) is 13.0 Å². The zero-order valence-corrected chi connectivity index (χ0v) is 12.1. The number of aliphatic hydroxyl groups excluding tert-OH is 1. The molecule has 0 aliphatic rings. The van der Waals surface area contributed by atoms with Crippen molar-refractivity contribution in [1.82, 2.24) is 0 Å². The molecular formula is C15H30O3. The summed E-state index contributed by atoms with van der Waals surface area (Å²) in [5, 5.41) is 8.61. The van der Waals surface area contributed by atoms with Gasteiger partial charge in [0.15, 0.2) is 0 Å². The van der Waals surface area contributed by atoms with Gasteiger partial charge in [-0.15, -0.1) is 0 Å². The third-order valence-corrected chi connectivity index (χ3v) is 3.19. The largest absolute Gasteiger partial charge is 0.465 e. The molecule has 0 spiro atoms. The Balaban J connectivity index is 3.38. The predicted octanol–water partition coefficient (Wildman–Crippen LogP) is 3.69. The molecule has 1 atom stereocenters. The Kier molecular flexibility index (Phi) is 12.5. The van der Waals surface area contributed by atoms with Crippen molar-refractivity contribution in [1.29, 1.82) is 0 Å². The Hall–Kier alpha value is -0.570. The maximum absolute atomic E-state index is 11.6. The molecule has 0 aromatic carbocycles. The molecule has 0 aliphatic carbocycles. The van der Waals surface area contributed by atoms with Gasteiger partial charge in [0.2, 0.25) is 0 Å². The lowest BCUT2D eigenvalue weighted by atomic mass is 10.0. The van der Waals surface area contributed by atoms with Crippen LogP contribution in [0.2, 0.25) is 0 Å². The fourth-order valence-electron chi connectivity index (χ4n) is 1.88. The minimum atomic E-state index is -0.0819. The molecule has 0 radical (unpaired) electrons. The van der Waals surface area contributed by atoms with Gasteiger partial charge in [0, 0.05) is 6.61 Å². The summed E-state index contributed by atoms with van der Waals surface area (Å²) in [6.07, 6.45) is 9.94.